The molecule has 14 heavy (non-hydrogen) atoms. The van der Waals surface area contributed by atoms with Crippen molar-refractivity contribution in [1.82, 2.24) is 0 Å². The molecule has 0 aliphatic carbocycles. The maximum atomic E-state index is 10.6. The Morgan fingerprint density at radius 1 is 1.50 bits per heavy atom. The Morgan fingerprint density at radius 3 is 2.86 bits per heavy atom. The number of aromatic hydroxyl groups is 1. The second kappa shape index (κ2) is 2.85. The predicted molar refractivity (Wildman–Crippen MR) is 54.6 cm³/mol. The third kappa shape index (κ3) is 1.08. The molecule has 2 rings (SSSR count). The third-order valence-electron chi connectivity index (χ3n) is 1.89. The lowest BCUT2D eigenvalue weighted by molar-refractivity contribution is -0.383. The van der Waals surface area contributed by atoms with Crippen LogP contribution in [-0.2, 0) is 0 Å². The highest BCUT2D eigenvalue weighted by Crippen LogP contribution is 2.43. The molecule has 6 heteroatoms. The number of thiophene rings is 1. The van der Waals surface area contributed by atoms with Crippen molar-refractivity contribution < 1.29 is 10.0 Å². The summed E-state index contributed by atoms with van der Waals surface area (Å²) in [4.78, 5) is 10.1. The minimum atomic E-state index is -0.534. The Bertz CT molecular complexity index is 521. The SMILES string of the molecule is Nc1sc2cccc([N+](=O)[O-])c2c1O. The summed E-state index contributed by atoms with van der Waals surface area (Å²) < 4.78 is 0.620. The van der Waals surface area contributed by atoms with E-state index in [4.69, 9.17) is 5.73 Å². The maximum Gasteiger partial charge on any atom is 0.281 e. The number of benzene rings is 1. The molecule has 0 fully saturated rings. The predicted octanol–water partition coefficient (Wildman–Crippen LogP) is 2.10. The van der Waals surface area contributed by atoms with Crippen LogP contribution in [0.2, 0.25) is 0 Å². The molecule has 0 aliphatic heterocycles. The summed E-state index contributed by atoms with van der Waals surface area (Å²) in [5.41, 5.74) is 5.35. The van der Waals surface area contributed by atoms with E-state index in [9.17, 15) is 15.2 Å². The number of nitro benzene ring substituents is 1. The van der Waals surface area contributed by atoms with Gasteiger partial charge in [0.2, 0.25) is 0 Å². The fourth-order valence-corrected chi connectivity index (χ4v) is 2.17. The number of non-ortho nitro benzene ring substituents is 1. The van der Waals surface area contributed by atoms with Crippen molar-refractivity contribution in [2.24, 2.45) is 0 Å². The number of rotatable bonds is 1. The minimum absolute atomic E-state index is 0.118. The number of nitrogens with two attached hydrogens (primary N) is 1. The lowest BCUT2D eigenvalue weighted by Gasteiger charge is -1.93. The molecule has 0 unspecified atom stereocenters. The number of hydrogen-bond acceptors (Lipinski definition) is 5. The number of nitrogens with zero attached hydrogens (tertiary/aromatic N) is 1. The van der Waals surface area contributed by atoms with Crippen LogP contribution < -0.4 is 5.73 Å². The van der Waals surface area contributed by atoms with Gasteiger partial charge in [0.1, 0.15) is 10.4 Å². The minimum Gasteiger partial charge on any atom is -0.504 e. The molecular weight excluding hydrogens is 204 g/mol. The lowest BCUT2D eigenvalue weighted by Crippen LogP contribution is -1.87. The van der Waals surface area contributed by atoms with Crippen molar-refractivity contribution in [2.75, 3.05) is 5.73 Å². The van der Waals surface area contributed by atoms with E-state index in [1.807, 2.05) is 0 Å². The van der Waals surface area contributed by atoms with E-state index in [1.165, 1.54) is 6.07 Å². The van der Waals surface area contributed by atoms with Crippen LogP contribution in [0.25, 0.3) is 10.1 Å². The van der Waals surface area contributed by atoms with Gasteiger partial charge < -0.3 is 10.8 Å². The van der Waals surface area contributed by atoms with Gasteiger partial charge in [-0.25, -0.2) is 0 Å². The van der Waals surface area contributed by atoms with Crippen LogP contribution in [0.1, 0.15) is 0 Å². The fourth-order valence-electron chi connectivity index (χ4n) is 1.28. The van der Waals surface area contributed by atoms with Gasteiger partial charge in [0, 0.05) is 10.8 Å². The highest BCUT2D eigenvalue weighted by molar-refractivity contribution is 7.23. The largest absolute Gasteiger partial charge is 0.504 e. The van der Waals surface area contributed by atoms with Gasteiger partial charge in [0.25, 0.3) is 5.69 Å². The van der Waals surface area contributed by atoms with Gasteiger partial charge in [0.15, 0.2) is 5.75 Å². The summed E-state index contributed by atoms with van der Waals surface area (Å²) >= 11 is 1.13. The highest BCUT2D eigenvalue weighted by Gasteiger charge is 2.19. The number of hydrogen-bond donors (Lipinski definition) is 2. The standard InChI is InChI=1S/C8H6N2O3S/c9-8-7(11)6-4(10(12)13)2-1-3-5(6)14-8/h1-3,11H,9H2. The topological polar surface area (TPSA) is 89.4 Å². The van der Waals surface area contributed by atoms with Crippen LogP contribution in [-0.4, -0.2) is 10.0 Å². The average Bonchev–Trinajstić information content (AvgIpc) is 2.43. The van der Waals surface area contributed by atoms with Crippen LogP contribution in [0, 0.1) is 10.1 Å². The molecule has 0 radical (unpaired) electrons. The summed E-state index contributed by atoms with van der Waals surface area (Å²) in [6, 6.07) is 4.59. The van der Waals surface area contributed by atoms with Gasteiger partial charge in [-0.1, -0.05) is 6.07 Å². The molecule has 72 valence electrons. The van der Waals surface area contributed by atoms with Gasteiger partial charge in [-0.3, -0.25) is 10.1 Å². The number of nitrogen functional groups attached to an aromatic ring is 1. The van der Waals surface area contributed by atoms with Crippen LogP contribution in [0.3, 0.4) is 0 Å². The highest BCUT2D eigenvalue weighted by atomic mass is 32.1. The molecule has 0 amide bonds. The molecule has 3 N–H and O–H groups in total. The molecule has 5 nitrogen and oxygen atoms in total. The Labute approximate surface area is 82.5 Å². The molecule has 1 aromatic heterocycles. The van der Waals surface area contributed by atoms with E-state index in [-0.39, 0.29) is 21.8 Å². The van der Waals surface area contributed by atoms with Gasteiger partial charge >= 0.3 is 0 Å². The Hall–Kier alpha value is -1.82. The summed E-state index contributed by atoms with van der Waals surface area (Å²) in [5.74, 6) is -0.197. The van der Waals surface area contributed by atoms with Crippen molar-refractivity contribution in [3.8, 4) is 5.75 Å². The van der Waals surface area contributed by atoms with Crippen LogP contribution in [0.15, 0.2) is 18.2 Å². The normalized spacial score (nSPS) is 10.6. The second-order valence-electron chi connectivity index (χ2n) is 2.72. The van der Waals surface area contributed by atoms with E-state index < -0.39 is 4.92 Å². The van der Waals surface area contributed by atoms with Crippen molar-refractivity contribution in [3.05, 3.63) is 28.3 Å². The first-order valence-corrected chi connectivity index (χ1v) is 4.57. The third-order valence-corrected chi connectivity index (χ3v) is 2.86. The number of nitro groups is 1. The lowest BCUT2D eigenvalue weighted by atomic mass is 10.2. The summed E-state index contributed by atoms with van der Waals surface area (Å²) in [6.07, 6.45) is 0. The van der Waals surface area contributed by atoms with Crippen molar-refractivity contribution >= 4 is 32.1 Å². The van der Waals surface area contributed by atoms with Crippen LogP contribution in [0.4, 0.5) is 10.7 Å². The molecule has 0 spiro atoms. The molecule has 1 heterocycles. The summed E-state index contributed by atoms with van der Waals surface area (Å²) in [6.45, 7) is 0. The van der Waals surface area contributed by atoms with E-state index in [2.05, 4.69) is 0 Å². The summed E-state index contributed by atoms with van der Waals surface area (Å²) in [7, 11) is 0. The Balaban J connectivity index is 2.91. The van der Waals surface area contributed by atoms with Crippen molar-refractivity contribution in [1.29, 1.82) is 0 Å². The Kier molecular flexibility index (Phi) is 1.78. The quantitative estimate of drug-likeness (QED) is 0.557. The van der Waals surface area contributed by atoms with E-state index in [0.717, 1.165) is 11.3 Å². The Morgan fingerprint density at radius 2 is 2.21 bits per heavy atom. The molecule has 0 aliphatic rings. The van der Waals surface area contributed by atoms with Crippen molar-refractivity contribution in [3.63, 3.8) is 0 Å². The molecule has 1 aromatic carbocycles. The molecule has 2 aromatic rings. The molecule has 0 atom stereocenters. The number of fused-ring (bicyclic) bond motifs is 1. The molecule has 0 saturated carbocycles. The zero-order valence-electron chi connectivity index (χ0n) is 6.93. The smallest absolute Gasteiger partial charge is 0.281 e. The van der Waals surface area contributed by atoms with E-state index >= 15 is 0 Å². The van der Waals surface area contributed by atoms with Gasteiger partial charge in [-0.15, -0.1) is 11.3 Å². The average molecular weight is 210 g/mol. The fraction of sp³-hybridized carbons (Fsp3) is 0. The number of anilines is 1. The monoisotopic (exact) mass is 210 g/mol. The summed E-state index contributed by atoms with van der Waals surface area (Å²) in [5, 5.41) is 20.6. The van der Waals surface area contributed by atoms with Gasteiger partial charge in [0.05, 0.1) is 4.92 Å². The van der Waals surface area contributed by atoms with Gasteiger partial charge in [-0.2, -0.15) is 0 Å². The zero-order chi connectivity index (χ0) is 10.3. The molecular formula is C8H6N2O3S. The first-order valence-electron chi connectivity index (χ1n) is 3.75. The molecule has 0 bridgehead atoms. The van der Waals surface area contributed by atoms with Crippen molar-refractivity contribution in [2.45, 2.75) is 0 Å². The maximum absolute atomic E-state index is 10.6. The zero-order valence-corrected chi connectivity index (χ0v) is 7.75. The first-order chi connectivity index (χ1) is 6.61. The molecule has 0 saturated heterocycles. The first kappa shape index (κ1) is 8.76. The van der Waals surface area contributed by atoms with E-state index in [0.29, 0.717) is 4.70 Å². The van der Waals surface area contributed by atoms with E-state index in [1.54, 1.807) is 12.1 Å². The second-order valence-corrected chi connectivity index (χ2v) is 3.81. The van der Waals surface area contributed by atoms with Crippen LogP contribution in [0.5, 0.6) is 5.75 Å². The van der Waals surface area contributed by atoms with Crippen LogP contribution >= 0.6 is 11.3 Å². The van der Waals surface area contributed by atoms with Gasteiger partial charge in [-0.05, 0) is 6.07 Å².